The van der Waals surface area contributed by atoms with Gasteiger partial charge in [0.2, 0.25) is 5.91 Å². The van der Waals surface area contributed by atoms with Crippen molar-refractivity contribution >= 4 is 23.8 Å². The largest absolute Gasteiger partial charge is 0.383 e. The Labute approximate surface area is 139 Å². The van der Waals surface area contributed by atoms with E-state index in [1.807, 2.05) is 0 Å². The third kappa shape index (κ3) is 3.96. The van der Waals surface area contributed by atoms with Gasteiger partial charge in [0.1, 0.15) is 6.54 Å². The Morgan fingerprint density at radius 2 is 1.75 bits per heavy atom. The van der Waals surface area contributed by atoms with Gasteiger partial charge in [-0.2, -0.15) is 0 Å². The van der Waals surface area contributed by atoms with Gasteiger partial charge in [-0.05, 0) is 12.5 Å². The molecule has 1 atom stereocenters. The minimum atomic E-state index is -0.995. The number of nitrogens with zero attached hydrogens (tertiary/aromatic N) is 2. The van der Waals surface area contributed by atoms with Crippen molar-refractivity contribution in [1.82, 2.24) is 15.1 Å². The number of carbonyl (C=O) groups is 4. The molecule has 0 spiro atoms. The maximum Gasteiger partial charge on any atom is 0.335 e. The second kappa shape index (κ2) is 7.69. The molecule has 0 radical (unpaired) electrons. The summed E-state index contributed by atoms with van der Waals surface area (Å²) in [5.41, 5.74) is 0.715. The number of carbonyl (C=O) groups excluding carboxylic acids is 4. The van der Waals surface area contributed by atoms with Gasteiger partial charge in [0.15, 0.2) is 0 Å². The van der Waals surface area contributed by atoms with Gasteiger partial charge in [0.05, 0.1) is 13.2 Å². The van der Waals surface area contributed by atoms with Crippen molar-refractivity contribution in [1.29, 1.82) is 0 Å². The first-order valence-electron chi connectivity index (χ1n) is 7.43. The molecule has 8 heteroatoms. The molecule has 0 bridgehead atoms. The number of hydrogen-bond donors (Lipinski definition) is 1. The predicted molar refractivity (Wildman–Crippen MR) is 83.6 cm³/mol. The van der Waals surface area contributed by atoms with Gasteiger partial charge in [-0.25, -0.2) is 9.69 Å². The Kier molecular flexibility index (Phi) is 5.64. The molecular formula is C16H19N3O5. The normalized spacial score (nSPS) is 15.8. The average molecular weight is 333 g/mol. The summed E-state index contributed by atoms with van der Waals surface area (Å²) in [5, 5.41) is 2.59. The summed E-state index contributed by atoms with van der Waals surface area (Å²) in [6, 6.07) is 7.77. The van der Waals surface area contributed by atoms with E-state index < -0.39 is 30.3 Å². The van der Waals surface area contributed by atoms with Crippen LogP contribution in [0.5, 0.6) is 0 Å². The lowest BCUT2D eigenvalue weighted by atomic mass is 10.2. The van der Waals surface area contributed by atoms with Crippen LogP contribution in [-0.2, 0) is 25.7 Å². The van der Waals surface area contributed by atoms with Crippen LogP contribution < -0.4 is 5.32 Å². The van der Waals surface area contributed by atoms with E-state index in [1.54, 1.807) is 37.3 Å². The summed E-state index contributed by atoms with van der Waals surface area (Å²) in [6.07, 6.45) is 0. The quantitative estimate of drug-likeness (QED) is 0.565. The number of hydrogen-bond acceptors (Lipinski definition) is 5. The Bertz CT molecular complexity index is 646. The fraction of sp³-hybridized carbons (Fsp3) is 0.375. The molecule has 1 aromatic carbocycles. The van der Waals surface area contributed by atoms with Gasteiger partial charge in [0.25, 0.3) is 0 Å². The zero-order chi connectivity index (χ0) is 17.7. The van der Waals surface area contributed by atoms with Crippen molar-refractivity contribution in [3.63, 3.8) is 0 Å². The van der Waals surface area contributed by atoms with Gasteiger partial charge in [-0.1, -0.05) is 30.3 Å². The summed E-state index contributed by atoms with van der Waals surface area (Å²) in [4.78, 5) is 49.6. The SMILES string of the molecule is COCC(C)NC(=O)CN1C(=O)C(=O)N(Cc2ccccc2)C1=O. The molecule has 1 saturated heterocycles. The number of imide groups is 2. The van der Waals surface area contributed by atoms with Crippen LogP contribution in [0.1, 0.15) is 12.5 Å². The van der Waals surface area contributed by atoms with Crippen LogP contribution >= 0.6 is 0 Å². The van der Waals surface area contributed by atoms with Gasteiger partial charge in [0, 0.05) is 13.2 Å². The minimum absolute atomic E-state index is 0.0115. The lowest BCUT2D eigenvalue weighted by Crippen LogP contribution is -2.45. The standard InChI is InChI=1S/C16H19N3O5/c1-11(10-24-2)17-13(20)9-19-15(22)14(21)18(16(19)23)8-12-6-4-3-5-7-12/h3-7,11H,8-10H2,1-2H3,(H,17,20). The molecule has 1 fully saturated rings. The topological polar surface area (TPSA) is 96.0 Å². The van der Waals surface area contributed by atoms with E-state index in [0.29, 0.717) is 17.1 Å². The van der Waals surface area contributed by atoms with Gasteiger partial charge >= 0.3 is 17.8 Å². The molecule has 128 valence electrons. The molecule has 1 aliphatic rings. The molecule has 0 aliphatic carbocycles. The Hall–Kier alpha value is -2.74. The lowest BCUT2D eigenvalue weighted by molar-refractivity contribution is -0.144. The predicted octanol–water partition coefficient (Wildman–Crippen LogP) is 0.128. The van der Waals surface area contributed by atoms with E-state index in [-0.39, 0.29) is 12.6 Å². The molecule has 0 saturated carbocycles. The maximum absolute atomic E-state index is 12.3. The number of benzene rings is 1. The molecule has 5 amide bonds. The zero-order valence-corrected chi connectivity index (χ0v) is 13.5. The Balaban J connectivity index is 2.02. The molecule has 2 rings (SSSR count). The van der Waals surface area contributed by atoms with Crippen LogP contribution in [0, 0.1) is 0 Å². The van der Waals surface area contributed by atoms with Crippen LogP contribution in [0.4, 0.5) is 4.79 Å². The highest BCUT2D eigenvalue weighted by atomic mass is 16.5. The van der Waals surface area contributed by atoms with Crippen molar-refractivity contribution in [2.75, 3.05) is 20.3 Å². The van der Waals surface area contributed by atoms with E-state index in [4.69, 9.17) is 4.74 Å². The molecule has 8 nitrogen and oxygen atoms in total. The van der Waals surface area contributed by atoms with Crippen molar-refractivity contribution in [3.05, 3.63) is 35.9 Å². The molecule has 1 N–H and O–H groups in total. The summed E-state index contributed by atoms with van der Waals surface area (Å²) in [7, 11) is 1.50. The number of ether oxygens (including phenoxy) is 1. The average Bonchev–Trinajstić information content (AvgIpc) is 2.74. The van der Waals surface area contributed by atoms with Gasteiger partial charge in [-0.3, -0.25) is 19.3 Å². The van der Waals surface area contributed by atoms with Gasteiger partial charge < -0.3 is 10.1 Å². The van der Waals surface area contributed by atoms with E-state index in [9.17, 15) is 19.2 Å². The van der Waals surface area contributed by atoms with Crippen LogP contribution in [0.25, 0.3) is 0 Å². The fourth-order valence-electron chi connectivity index (χ4n) is 2.35. The fourth-order valence-corrected chi connectivity index (χ4v) is 2.35. The van der Waals surface area contributed by atoms with Crippen molar-refractivity contribution < 1.29 is 23.9 Å². The molecule has 1 aromatic rings. The third-order valence-electron chi connectivity index (χ3n) is 3.44. The number of urea groups is 1. The number of amides is 5. The zero-order valence-electron chi connectivity index (χ0n) is 13.5. The van der Waals surface area contributed by atoms with E-state index >= 15 is 0 Å². The second-order valence-corrected chi connectivity index (χ2v) is 5.47. The van der Waals surface area contributed by atoms with E-state index in [1.165, 1.54) is 7.11 Å². The highest BCUT2D eigenvalue weighted by Gasteiger charge is 2.45. The lowest BCUT2D eigenvalue weighted by Gasteiger charge is -2.17. The highest BCUT2D eigenvalue weighted by Crippen LogP contribution is 2.15. The second-order valence-electron chi connectivity index (χ2n) is 5.47. The molecule has 1 heterocycles. The first kappa shape index (κ1) is 17.6. The number of nitrogens with one attached hydrogen (secondary N) is 1. The van der Waals surface area contributed by atoms with E-state index in [0.717, 1.165) is 4.90 Å². The monoisotopic (exact) mass is 333 g/mol. The molecule has 1 unspecified atom stereocenters. The summed E-state index contributed by atoms with van der Waals surface area (Å²) in [6.45, 7) is 1.51. The first-order valence-corrected chi connectivity index (χ1v) is 7.43. The van der Waals surface area contributed by atoms with Crippen LogP contribution in [0.3, 0.4) is 0 Å². The van der Waals surface area contributed by atoms with Crippen molar-refractivity contribution in [3.8, 4) is 0 Å². The molecule has 24 heavy (non-hydrogen) atoms. The van der Waals surface area contributed by atoms with Crippen LogP contribution in [0.2, 0.25) is 0 Å². The van der Waals surface area contributed by atoms with Crippen molar-refractivity contribution in [2.24, 2.45) is 0 Å². The van der Waals surface area contributed by atoms with Crippen molar-refractivity contribution in [2.45, 2.75) is 19.5 Å². The smallest absolute Gasteiger partial charge is 0.335 e. The summed E-state index contributed by atoms with van der Waals surface area (Å²) in [5.74, 6) is -2.46. The molecule has 0 aromatic heterocycles. The number of methoxy groups -OCH3 is 1. The van der Waals surface area contributed by atoms with Gasteiger partial charge in [-0.15, -0.1) is 0 Å². The van der Waals surface area contributed by atoms with Crippen LogP contribution in [-0.4, -0.2) is 59.9 Å². The molecular weight excluding hydrogens is 314 g/mol. The Morgan fingerprint density at radius 3 is 2.38 bits per heavy atom. The third-order valence-corrected chi connectivity index (χ3v) is 3.44. The van der Waals surface area contributed by atoms with Crippen LogP contribution in [0.15, 0.2) is 30.3 Å². The highest BCUT2D eigenvalue weighted by molar-refractivity contribution is 6.44. The number of rotatable bonds is 7. The maximum atomic E-state index is 12.3. The molecule has 1 aliphatic heterocycles. The summed E-state index contributed by atoms with van der Waals surface area (Å²) < 4.78 is 4.89. The van der Waals surface area contributed by atoms with E-state index in [2.05, 4.69) is 5.32 Å². The summed E-state index contributed by atoms with van der Waals surface area (Å²) >= 11 is 0. The minimum Gasteiger partial charge on any atom is -0.383 e. The first-order chi connectivity index (χ1) is 11.4. The Morgan fingerprint density at radius 1 is 1.12 bits per heavy atom.